The third-order valence-electron chi connectivity index (χ3n) is 3.31. The highest BCUT2D eigenvalue weighted by molar-refractivity contribution is 6.31. The maximum Gasteiger partial charge on any atom is 0.243 e. The fourth-order valence-electron chi connectivity index (χ4n) is 2.29. The van der Waals surface area contributed by atoms with Crippen molar-refractivity contribution in [3.8, 4) is 0 Å². The first kappa shape index (κ1) is 18.8. The summed E-state index contributed by atoms with van der Waals surface area (Å²) in [5.74, 6) is 0.789. The fraction of sp³-hybridized carbons (Fsp3) is 0.286. The number of amides is 1. The number of carbonyl (C=O) groups excluding carboxylic acids is 1. The summed E-state index contributed by atoms with van der Waals surface area (Å²) in [5.41, 5.74) is 1.73. The number of aromatic amines is 1. The van der Waals surface area contributed by atoms with E-state index in [9.17, 15) is 4.79 Å². The topological polar surface area (TPSA) is 61.0 Å². The Bertz CT molecular complexity index is 686. The predicted octanol–water partition coefficient (Wildman–Crippen LogP) is 2.55. The molecule has 22 heavy (non-hydrogen) atoms. The van der Waals surface area contributed by atoms with Gasteiger partial charge in [-0.05, 0) is 18.2 Å². The SMILES string of the molecule is CN(Cc1nc2ccc(Cl)cc2[nH]1)C(=O)C1C=CCN1.Cl.Cl. The Labute approximate surface area is 145 Å². The average Bonchev–Trinajstić information content (AvgIpc) is 3.05. The highest BCUT2D eigenvalue weighted by Gasteiger charge is 2.21. The molecule has 2 aromatic rings. The Kier molecular flexibility index (Phi) is 6.68. The number of benzene rings is 1. The van der Waals surface area contributed by atoms with E-state index in [0.717, 1.165) is 23.4 Å². The molecular weight excluding hydrogens is 347 g/mol. The summed E-state index contributed by atoms with van der Waals surface area (Å²) in [7, 11) is 1.77. The van der Waals surface area contributed by atoms with Gasteiger partial charge in [0.1, 0.15) is 11.9 Å². The molecular formula is C14H17Cl3N4O. The molecule has 0 saturated carbocycles. The van der Waals surface area contributed by atoms with Gasteiger partial charge in [-0.25, -0.2) is 4.98 Å². The zero-order chi connectivity index (χ0) is 14.1. The van der Waals surface area contributed by atoms with Crippen LogP contribution in [0.5, 0.6) is 0 Å². The Hall–Kier alpha value is -1.27. The van der Waals surface area contributed by atoms with E-state index in [1.54, 1.807) is 18.0 Å². The average molecular weight is 364 g/mol. The molecule has 5 nitrogen and oxygen atoms in total. The largest absolute Gasteiger partial charge is 0.340 e. The van der Waals surface area contributed by atoms with Crippen LogP contribution in [-0.2, 0) is 11.3 Å². The van der Waals surface area contributed by atoms with Gasteiger partial charge in [0.05, 0.1) is 17.6 Å². The molecule has 2 N–H and O–H groups in total. The number of halogens is 3. The lowest BCUT2D eigenvalue weighted by Gasteiger charge is -2.19. The van der Waals surface area contributed by atoms with Gasteiger partial charge in [-0.1, -0.05) is 23.8 Å². The first-order valence-electron chi connectivity index (χ1n) is 6.42. The van der Waals surface area contributed by atoms with Gasteiger partial charge in [0.2, 0.25) is 5.91 Å². The van der Waals surface area contributed by atoms with Gasteiger partial charge < -0.3 is 9.88 Å². The van der Waals surface area contributed by atoms with Crippen LogP contribution in [0.25, 0.3) is 11.0 Å². The van der Waals surface area contributed by atoms with Crippen LogP contribution in [0.3, 0.4) is 0 Å². The predicted molar refractivity (Wildman–Crippen MR) is 93.0 cm³/mol. The van der Waals surface area contributed by atoms with Crippen LogP contribution >= 0.6 is 36.4 Å². The zero-order valence-corrected chi connectivity index (χ0v) is 14.3. The molecule has 0 spiro atoms. The van der Waals surface area contributed by atoms with Crippen LogP contribution in [0.4, 0.5) is 0 Å². The summed E-state index contributed by atoms with van der Waals surface area (Å²) in [6, 6.07) is 5.27. The molecule has 1 aromatic carbocycles. The van der Waals surface area contributed by atoms with E-state index in [4.69, 9.17) is 11.6 Å². The number of carbonyl (C=O) groups is 1. The molecule has 8 heteroatoms. The van der Waals surface area contributed by atoms with E-state index in [0.29, 0.717) is 11.6 Å². The van der Waals surface area contributed by atoms with E-state index in [2.05, 4.69) is 15.3 Å². The first-order valence-corrected chi connectivity index (χ1v) is 6.80. The standard InChI is InChI=1S/C14H15ClN4O.2ClH/c1-19(14(20)11-3-2-6-16-11)8-13-17-10-5-4-9(15)7-12(10)18-13;;/h2-5,7,11,16H,6,8H2,1H3,(H,17,18);2*1H. The van der Waals surface area contributed by atoms with Crippen molar-refractivity contribution in [2.75, 3.05) is 13.6 Å². The second kappa shape index (κ2) is 7.83. The molecule has 0 saturated heterocycles. The summed E-state index contributed by atoms with van der Waals surface area (Å²) >= 11 is 5.94. The Morgan fingerprint density at radius 2 is 2.23 bits per heavy atom. The molecule has 1 atom stereocenters. The Morgan fingerprint density at radius 3 is 2.91 bits per heavy atom. The van der Waals surface area contributed by atoms with E-state index in [1.807, 2.05) is 24.3 Å². The number of likely N-dealkylation sites (N-methyl/N-ethyl adjacent to an activating group) is 1. The summed E-state index contributed by atoms with van der Waals surface area (Å²) in [5, 5.41) is 3.77. The third-order valence-corrected chi connectivity index (χ3v) is 3.54. The number of aromatic nitrogens is 2. The number of H-pyrrole nitrogens is 1. The van der Waals surface area contributed by atoms with Gasteiger partial charge in [-0.2, -0.15) is 0 Å². The molecule has 0 fully saturated rings. The first-order chi connectivity index (χ1) is 9.63. The highest BCUT2D eigenvalue weighted by atomic mass is 35.5. The molecule has 0 bridgehead atoms. The van der Waals surface area contributed by atoms with Gasteiger partial charge in [-0.3, -0.25) is 10.1 Å². The summed E-state index contributed by atoms with van der Waals surface area (Å²) in [6.07, 6.45) is 3.84. The number of imidazole rings is 1. The summed E-state index contributed by atoms with van der Waals surface area (Å²) < 4.78 is 0. The molecule has 1 aromatic heterocycles. The minimum atomic E-state index is -0.223. The maximum atomic E-state index is 12.2. The van der Waals surface area contributed by atoms with Crippen LogP contribution in [0.2, 0.25) is 5.02 Å². The summed E-state index contributed by atoms with van der Waals surface area (Å²) in [4.78, 5) is 21.5. The van der Waals surface area contributed by atoms with Crippen molar-refractivity contribution in [3.63, 3.8) is 0 Å². The van der Waals surface area contributed by atoms with E-state index < -0.39 is 0 Å². The van der Waals surface area contributed by atoms with Gasteiger partial charge in [0.25, 0.3) is 0 Å². The quantitative estimate of drug-likeness (QED) is 0.824. The smallest absolute Gasteiger partial charge is 0.243 e. The van der Waals surface area contributed by atoms with Crippen LogP contribution in [0.15, 0.2) is 30.4 Å². The van der Waals surface area contributed by atoms with Gasteiger partial charge in [0.15, 0.2) is 0 Å². The fourth-order valence-corrected chi connectivity index (χ4v) is 2.46. The van der Waals surface area contributed by atoms with Gasteiger partial charge >= 0.3 is 0 Å². The molecule has 1 unspecified atom stereocenters. The summed E-state index contributed by atoms with van der Waals surface area (Å²) in [6.45, 7) is 1.19. The van der Waals surface area contributed by atoms with E-state index in [1.165, 1.54) is 0 Å². The normalized spacial score (nSPS) is 16.2. The molecule has 2 heterocycles. The second-order valence-electron chi connectivity index (χ2n) is 4.85. The van der Waals surface area contributed by atoms with Crippen molar-refractivity contribution >= 4 is 53.4 Å². The molecule has 0 aliphatic carbocycles. The van der Waals surface area contributed by atoms with Crippen molar-refractivity contribution in [1.29, 1.82) is 0 Å². The molecule has 3 rings (SSSR count). The van der Waals surface area contributed by atoms with Crippen molar-refractivity contribution in [2.45, 2.75) is 12.6 Å². The van der Waals surface area contributed by atoms with E-state index in [-0.39, 0.29) is 36.8 Å². The zero-order valence-electron chi connectivity index (χ0n) is 11.9. The van der Waals surface area contributed by atoms with Crippen molar-refractivity contribution in [2.24, 2.45) is 0 Å². The number of fused-ring (bicyclic) bond motifs is 1. The van der Waals surface area contributed by atoms with Gasteiger partial charge in [-0.15, -0.1) is 24.8 Å². The molecule has 0 radical (unpaired) electrons. The number of nitrogens with one attached hydrogen (secondary N) is 2. The van der Waals surface area contributed by atoms with Crippen LogP contribution in [-0.4, -0.2) is 40.4 Å². The van der Waals surface area contributed by atoms with Crippen molar-refractivity contribution in [3.05, 3.63) is 41.2 Å². The van der Waals surface area contributed by atoms with Crippen molar-refractivity contribution in [1.82, 2.24) is 20.2 Å². The Morgan fingerprint density at radius 1 is 1.45 bits per heavy atom. The number of hydrogen-bond donors (Lipinski definition) is 2. The number of hydrogen-bond acceptors (Lipinski definition) is 3. The van der Waals surface area contributed by atoms with Crippen LogP contribution in [0.1, 0.15) is 5.82 Å². The lowest BCUT2D eigenvalue weighted by atomic mass is 10.3. The van der Waals surface area contributed by atoms with Crippen LogP contribution < -0.4 is 5.32 Å². The number of rotatable bonds is 3. The third kappa shape index (κ3) is 3.93. The molecule has 1 amide bonds. The molecule has 120 valence electrons. The lowest BCUT2D eigenvalue weighted by molar-refractivity contribution is -0.131. The van der Waals surface area contributed by atoms with E-state index >= 15 is 0 Å². The molecule has 1 aliphatic rings. The highest BCUT2D eigenvalue weighted by Crippen LogP contribution is 2.17. The maximum absolute atomic E-state index is 12.2. The van der Waals surface area contributed by atoms with Crippen LogP contribution in [0, 0.1) is 0 Å². The monoisotopic (exact) mass is 362 g/mol. The number of nitrogens with zero attached hydrogens (tertiary/aromatic N) is 2. The second-order valence-corrected chi connectivity index (χ2v) is 5.29. The van der Waals surface area contributed by atoms with Crippen molar-refractivity contribution < 1.29 is 4.79 Å². The lowest BCUT2D eigenvalue weighted by Crippen LogP contribution is -2.41. The Balaban J connectivity index is 0.00000121. The van der Waals surface area contributed by atoms with Gasteiger partial charge in [0, 0.05) is 18.6 Å². The molecule has 1 aliphatic heterocycles. The minimum Gasteiger partial charge on any atom is -0.340 e. The minimum absolute atomic E-state index is 0.